The summed E-state index contributed by atoms with van der Waals surface area (Å²) < 4.78 is 0. The molecule has 1 aliphatic rings. The van der Waals surface area contributed by atoms with E-state index in [9.17, 15) is 4.79 Å². The molecule has 0 heterocycles. The number of carbonyl (C=O) groups excluding carboxylic acids is 1. The zero-order chi connectivity index (χ0) is 13.8. The second-order valence-electron chi connectivity index (χ2n) is 5.52. The van der Waals surface area contributed by atoms with Crippen molar-refractivity contribution >= 4 is 35.6 Å². The Hall–Kier alpha value is -0.930. The highest BCUT2D eigenvalue weighted by molar-refractivity contribution is 6.34. The highest BCUT2D eigenvalue weighted by atomic mass is 35.5. The normalized spacial score (nSPS) is 22.5. The number of anilines is 1. The quantitative estimate of drug-likeness (QED) is 0.639. The van der Waals surface area contributed by atoms with Crippen LogP contribution in [0.5, 0.6) is 0 Å². The Morgan fingerprint density at radius 1 is 1.30 bits per heavy atom. The number of nitrogen functional groups attached to an aromatic ring is 1. The van der Waals surface area contributed by atoms with Crippen LogP contribution in [0.1, 0.15) is 49.4 Å². The fourth-order valence-electron chi connectivity index (χ4n) is 2.61. The second kappa shape index (κ2) is 7.75. The number of halogens is 2. The Morgan fingerprint density at radius 3 is 2.75 bits per heavy atom. The Kier molecular flexibility index (Phi) is 6.63. The predicted molar refractivity (Wildman–Crippen MR) is 86.6 cm³/mol. The van der Waals surface area contributed by atoms with E-state index in [0.717, 1.165) is 18.8 Å². The van der Waals surface area contributed by atoms with Crippen molar-refractivity contribution in [2.45, 2.75) is 45.1 Å². The Bertz CT molecular complexity index is 465. The Morgan fingerprint density at radius 2 is 2.05 bits per heavy atom. The van der Waals surface area contributed by atoms with Crippen LogP contribution in [0.4, 0.5) is 5.69 Å². The van der Waals surface area contributed by atoms with Gasteiger partial charge in [0.05, 0.1) is 10.6 Å². The molecule has 2 rings (SSSR count). The molecule has 2 unspecified atom stereocenters. The molecule has 0 spiro atoms. The topological polar surface area (TPSA) is 55.1 Å². The van der Waals surface area contributed by atoms with Crippen molar-refractivity contribution in [2.24, 2.45) is 5.92 Å². The predicted octanol–water partition coefficient (Wildman–Crippen LogP) is 4.04. The van der Waals surface area contributed by atoms with Crippen molar-refractivity contribution in [2.75, 3.05) is 5.73 Å². The highest BCUT2D eigenvalue weighted by Crippen LogP contribution is 2.24. The summed E-state index contributed by atoms with van der Waals surface area (Å²) in [7, 11) is 0. The number of carbonyl (C=O) groups is 1. The summed E-state index contributed by atoms with van der Waals surface area (Å²) in [6.07, 6.45) is 5.74. The third-order valence-corrected chi connectivity index (χ3v) is 4.14. The molecule has 1 amide bonds. The minimum Gasteiger partial charge on any atom is -0.399 e. The molecule has 0 aromatic heterocycles. The first-order chi connectivity index (χ1) is 9.06. The standard InChI is InChI=1S/C15H21ClN2O.ClH/c1-10-3-2-4-12(7-5-10)18-15(19)13-8-6-11(17)9-14(13)16;/h6,8-10,12H,2-5,7,17H2,1H3,(H,18,19);1H. The highest BCUT2D eigenvalue weighted by Gasteiger charge is 2.19. The Balaban J connectivity index is 0.00000200. The summed E-state index contributed by atoms with van der Waals surface area (Å²) in [6, 6.07) is 5.28. The molecule has 0 radical (unpaired) electrons. The number of hydrogen-bond acceptors (Lipinski definition) is 2. The van der Waals surface area contributed by atoms with Gasteiger partial charge >= 0.3 is 0 Å². The van der Waals surface area contributed by atoms with Gasteiger partial charge in [-0.3, -0.25) is 4.79 Å². The van der Waals surface area contributed by atoms with E-state index in [1.165, 1.54) is 19.3 Å². The first-order valence-electron chi connectivity index (χ1n) is 6.92. The van der Waals surface area contributed by atoms with Crippen LogP contribution < -0.4 is 11.1 Å². The van der Waals surface area contributed by atoms with Crippen molar-refractivity contribution < 1.29 is 4.79 Å². The van der Waals surface area contributed by atoms with Crippen LogP contribution in [0.2, 0.25) is 5.02 Å². The van der Waals surface area contributed by atoms with Crippen molar-refractivity contribution in [3.05, 3.63) is 28.8 Å². The zero-order valence-electron chi connectivity index (χ0n) is 11.7. The molecule has 1 fully saturated rings. The summed E-state index contributed by atoms with van der Waals surface area (Å²) in [4.78, 5) is 12.2. The molecule has 0 saturated heterocycles. The van der Waals surface area contributed by atoms with Gasteiger partial charge in [-0.25, -0.2) is 0 Å². The van der Waals surface area contributed by atoms with Crippen molar-refractivity contribution in [1.29, 1.82) is 0 Å². The van der Waals surface area contributed by atoms with Crippen LogP contribution in [0.3, 0.4) is 0 Å². The van der Waals surface area contributed by atoms with Crippen molar-refractivity contribution in [1.82, 2.24) is 5.32 Å². The number of nitrogens with one attached hydrogen (secondary N) is 1. The molecule has 3 N–H and O–H groups in total. The van der Waals surface area contributed by atoms with Gasteiger partial charge in [0.1, 0.15) is 0 Å². The molecule has 1 aliphatic carbocycles. The van der Waals surface area contributed by atoms with E-state index < -0.39 is 0 Å². The summed E-state index contributed by atoms with van der Waals surface area (Å²) in [5.41, 5.74) is 6.71. The fraction of sp³-hybridized carbons (Fsp3) is 0.533. The molecular formula is C15H22Cl2N2O. The zero-order valence-corrected chi connectivity index (χ0v) is 13.3. The lowest BCUT2D eigenvalue weighted by atomic mass is 10.0. The van der Waals surface area contributed by atoms with Gasteiger partial charge in [-0.15, -0.1) is 12.4 Å². The molecule has 1 saturated carbocycles. The number of hydrogen-bond donors (Lipinski definition) is 2. The van der Waals surface area contributed by atoms with Crippen LogP contribution in [0, 0.1) is 5.92 Å². The molecular weight excluding hydrogens is 295 g/mol. The van der Waals surface area contributed by atoms with E-state index in [2.05, 4.69) is 12.2 Å². The minimum atomic E-state index is -0.0930. The van der Waals surface area contributed by atoms with Gasteiger partial charge in [-0.1, -0.05) is 31.4 Å². The van der Waals surface area contributed by atoms with Gasteiger partial charge in [0.25, 0.3) is 5.91 Å². The number of nitrogens with two attached hydrogens (primary N) is 1. The van der Waals surface area contributed by atoms with Crippen LogP contribution in [-0.2, 0) is 0 Å². The number of rotatable bonds is 2. The lowest BCUT2D eigenvalue weighted by Crippen LogP contribution is -2.34. The van der Waals surface area contributed by atoms with Gasteiger partial charge < -0.3 is 11.1 Å². The minimum absolute atomic E-state index is 0. The van der Waals surface area contributed by atoms with E-state index in [-0.39, 0.29) is 24.4 Å². The molecule has 1 aromatic rings. The van der Waals surface area contributed by atoms with Gasteiger partial charge in [0.2, 0.25) is 0 Å². The van der Waals surface area contributed by atoms with E-state index >= 15 is 0 Å². The first kappa shape index (κ1) is 17.1. The average Bonchev–Trinajstić information content (AvgIpc) is 2.54. The third kappa shape index (κ3) is 4.57. The number of benzene rings is 1. The summed E-state index contributed by atoms with van der Waals surface area (Å²) in [5, 5.41) is 3.51. The molecule has 3 nitrogen and oxygen atoms in total. The molecule has 5 heteroatoms. The second-order valence-corrected chi connectivity index (χ2v) is 5.93. The van der Waals surface area contributed by atoms with Crippen LogP contribution in [-0.4, -0.2) is 11.9 Å². The largest absolute Gasteiger partial charge is 0.399 e. The van der Waals surface area contributed by atoms with Crippen LogP contribution >= 0.6 is 24.0 Å². The smallest absolute Gasteiger partial charge is 0.253 e. The molecule has 0 bridgehead atoms. The van der Waals surface area contributed by atoms with E-state index in [1.807, 2.05) is 0 Å². The van der Waals surface area contributed by atoms with Gasteiger partial charge in [0.15, 0.2) is 0 Å². The van der Waals surface area contributed by atoms with E-state index in [1.54, 1.807) is 18.2 Å². The maximum atomic E-state index is 12.2. The first-order valence-corrected chi connectivity index (χ1v) is 7.30. The maximum absolute atomic E-state index is 12.2. The molecule has 112 valence electrons. The van der Waals surface area contributed by atoms with Crippen molar-refractivity contribution in [3.8, 4) is 0 Å². The molecule has 20 heavy (non-hydrogen) atoms. The summed E-state index contributed by atoms with van der Waals surface area (Å²) >= 11 is 6.06. The van der Waals surface area contributed by atoms with Gasteiger partial charge in [-0.05, 0) is 43.4 Å². The monoisotopic (exact) mass is 316 g/mol. The third-order valence-electron chi connectivity index (χ3n) is 3.83. The summed E-state index contributed by atoms with van der Waals surface area (Å²) in [5.74, 6) is 0.673. The average molecular weight is 317 g/mol. The van der Waals surface area contributed by atoms with E-state index in [4.69, 9.17) is 17.3 Å². The lowest BCUT2D eigenvalue weighted by molar-refractivity contribution is 0.0933. The molecule has 1 aromatic carbocycles. The molecule has 0 aliphatic heterocycles. The maximum Gasteiger partial charge on any atom is 0.253 e. The fourth-order valence-corrected chi connectivity index (χ4v) is 2.88. The van der Waals surface area contributed by atoms with Crippen molar-refractivity contribution in [3.63, 3.8) is 0 Å². The van der Waals surface area contributed by atoms with Gasteiger partial charge in [-0.2, -0.15) is 0 Å². The molecule has 2 atom stereocenters. The number of amides is 1. The van der Waals surface area contributed by atoms with Crippen LogP contribution in [0.25, 0.3) is 0 Å². The lowest BCUT2D eigenvalue weighted by Gasteiger charge is -2.17. The van der Waals surface area contributed by atoms with Crippen LogP contribution in [0.15, 0.2) is 18.2 Å². The van der Waals surface area contributed by atoms with Gasteiger partial charge in [0, 0.05) is 11.7 Å². The SMILES string of the molecule is CC1CCCC(NC(=O)c2ccc(N)cc2Cl)CC1.Cl. The Labute approximate surface area is 131 Å². The van der Waals surface area contributed by atoms with E-state index in [0.29, 0.717) is 16.3 Å². The summed E-state index contributed by atoms with van der Waals surface area (Å²) in [6.45, 7) is 2.28.